The first-order valence-corrected chi connectivity index (χ1v) is 5.92. The third-order valence-electron chi connectivity index (χ3n) is 2.99. The Morgan fingerprint density at radius 1 is 0.650 bits per heavy atom. The molecular weight excluding hydrogens is 260 g/mol. The van der Waals surface area contributed by atoms with Crippen molar-refractivity contribution in [2.24, 2.45) is 0 Å². The molecule has 0 amide bonds. The Bertz CT molecular complexity index is 537. The van der Waals surface area contributed by atoms with Crippen LogP contribution in [0.25, 0.3) is 0 Å². The number of ketones is 1. The molecule has 0 saturated heterocycles. The minimum Gasteiger partial charge on any atom is -0.356 e. The molecule has 0 aliphatic heterocycles. The summed E-state index contributed by atoms with van der Waals surface area (Å²) in [6.45, 7) is 0. The lowest BCUT2D eigenvalue weighted by molar-refractivity contribution is -0.238. The van der Waals surface area contributed by atoms with Gasteiger partial charge in [-0.1, -0.05) is 60.7 Å². The quantitative estimate of drug-likeness (QED) is 0.598. The van der Waals surface area contributed by atoms with E-state index < -0.39 is 17.4 Å². The van der Waals surface area contributed by atoms with Gasteiger partial charge >= 0.3 is 0 Å². The molecule has 2 rings (SSSR count). The van der Waals surface area contributed by atoms with Crippen molar-refractivity contribution in [3.05, 3.63) is 71.8 Å². The summed E-state index contributed by atoms with van der Waals surface area (Å²) in [5.74, 6) is -7.54. The first-order chi connectivity index (χ1) is 9.37. The predicted octanol–water partition coefficient (Wildman–Crippen LogP) is 0.231. The molecule has 2 aromatic rings. The molecule has 104 valence electrons. The zero-order chi connectivity index (χ0) is 14.8. The normalized spacial score (nSPS) is 12.2. The zero-order valence-corrected chi connectivity index (χ0v) is 10.5. The van der Waals surface area contributed by atoms with Crippen LogP contribution in [0.5, 0.6) is 0 Å². The highest BCUT2D eigenvalue weighted by atomic mass is 16.5. The summed E-state index contributed by atoms with van der Waals surface area (Å²) in [6, 6.07) is 14.5. The summed E-state index contributed by atoms with van der Waals surface area (Å²) >= 11 is 0. The van der Waals surface area contributed by atoms with E-state index in [1.54, 1.807) is 12.1 Å². The van der Waals surface area contributed by atoms with Crippen molar-refractivity contribution >= 4 is 5.78 Å². The van der Waals surface area contributed by atoms with Crippen LogP contribution in [-0.4, -0.2) is 26.2 Å². The number of aliphatic hydroxyl groups is 4. The van der Waals surface area contributed by atoms with Gasteiger partial charge in [0.1, 0.15) is 0 Å². The van der Waals surface area contributed by atoms with Gasteiger partial charge < -0.3 is 20.4 Å². The molecule has 5 nitrogen and oxygen atoms in total. The lowest BCUT2D eigenvalue weighted by Crippen LogP contribution is -2.49. The summed E-state index contributed by atoms with van der Waals surface area (Å²) in [7, 11) is 0. The van der Waals surface area contributed by atoms with Crippen molar-refractivity contribution in [3.8, 4) is 0 Å². The molecule has 0 aromatic heterocycles. The van der Waals surface area contributed by atoms with Crippen LogP contribution in [0, 0.1) is 0 Å². The Kier molecular flexibility index (Phi) is 3.69. The van der Waals surface area contributed by atoms with E-state index in [4.69, 9.17) is 0 Å². The fourth-order valence-corrected chi connectivity index (χ4v) is 1.85. The van der Waals surface area contributed by atoms with Crippen LogP contribution >= 0.6 is 0 Å². The highest BCUT2D eigenvalue weighted by Crippen LogP contribution is 2.29. The van der Waals surface area contributed by atoms with Crippen LogP contribution in [0.3, 0.4) is 0 Å². The standard InChI is InChI=1S/C15H14O5/c16-13(14(17,18)11-7-3-1-4-8-11)15(19,20)12-9-5-2-6-10-12/h1-10,17-20H. The van der Waals surface area contributed by atoms with Crippen molar-refractivity contribution in [3.63, 3.8) is 0 Å². The van der Waals surface area contributed by atoms with Crippen LogP contribution in [0.2, 0.25) is 0 Å². The number of Topliss-reactive ketones (excluding diaryl/α,β-unsaturated/α-hetero) is 1. The maximum Gasteiger partial charge on any atom is 0.259 e. The van der Waals surface area contributed by atoms with Crippen molar-refractivity contribution in [1.82, 2.24) is 0 Å². The van der Waals surface area contributed by atoms with Crippen molar-refractivity contribution in [1.29, 1.82) is 0 Å². The van der Waals surface area contributed by atoms with Crippen LogP contribution in [-0.2, 0) is 16.4 Å². The van der Waals surface area contributed by atoms with Crippen molar-refractivity contribution < 1.29 is 25.2 Å². The van der Waals surface area contributed by atoms with E-state index in [2.05, 4.69) is 0 Å². The number of hydrogen-bond donors (Lipinski definition) is 4. The van der Waals surface area contributed by atoms with Crippen LogP contribution in [0.1, 0.15) is 11.1 Å². The Morgan fingerprint density at radius 3 is 1.25 bits per heavy atom. The number of benzene rings is 2. The predicted molar refractivity (Wildman–Crippen MR) is 70.1 cm³/mol. The van der Waals surface area contributed by atoms with Crippen LogP contribution in [0.15, 0.2) is 60.7 Å². The van der Waals surface area contributed by atoms with Gasteiger partial charge in [0.15, 0.2) is 0 Å². The van der Waals surface area contributed by atoms with Gasteiger partial charge in [0, 0.05) is 11.1 Å². The lowest BCUT2D eigenvalue weighted by Gasteiger charge is -2.28. The maximum atomic E-state index is 12.1. The van der Waals surface area contributed by atoms with E-state index in [1.165, 1.54) is 48.5 Å². The largest absolute Gasteiger partial charge is 0.356 e. The SMILES string of the molecule is O=C(C(O)(O)c1ccccc1)C(O)(O)c1ccccc1. The second-order valence-electron chi connectivity index (χ2n) is 4.41. The average Bonchev–Trinajstić information content (AvgIpc) is 2.48. The molecule has 0 fully saturated rings. The van der Waals surface area contributed by atoms with Gasteiger partial charge in [0.2, 0.25) is 0 Å². The third kappa shape index (κ3) is 2.48. The number of rotatable bonds is 4. The second kappa shape index (κ2) is 5.15. The van der Waals surface area contributed by atoms with Gasteiger partial charge in [-0.2, -0.15) is 0 Å². The van der Waals surface area contributed by atoms with Gasteiger partial charge in [0.25, 0.3) is 17.4 Å². The Hall–Kier alpha value is -2.05. The van der Waals surface area contributed by atoms with E-state index in [9.17, 15) is 25.2 Å². The van der Waals surface area contributed by atoms with E-state index in [-0.39, 0.29) is 11.1 Å². The summed E-state index contributed by atoms with van der Waals surface area (Å²) in [5.41, 5.74) is -0.290. The van der Waals surface area contributed by atoms with Crippen molar-refractivity contribution in [2.45, 2.75) is 11.6 Å². The summed E-state index contributed by atoms with van der Waals surface area (Å²) in [6.07, 6.45) is 0. The summed E-state index contributed by atoms with van der Waals surface area (Å²) < 4.78 is 0. The van der Waals surface area contributed by atoms with Crippen LogP contribution in [0.4, 0.5) is 0 Å². The fourth-order valence-electron chi connectivity index (χ4n) is 1.85. The van der Waals surface area contributed by atoms with E-state index in [1.807, 2.05) is 0 Å². The molecular formula is C15H14O5. The molecule has 0 unspecified atom stereocenters. The Balaban J connectivity index is 2.40. The second-order valence-corrected chi connectivity index (χ2v) is 4.41. The molecule has 5 heteroatoms. The summed E-state index contributed by atoms with van der Waals surface area (Å²) in [4.78, 5) is 12.1. The topological polar surface area (TPSA) is 98.0 Å². The monoisotopic (exact) mass is 274 g/mol. The zero-order valence-electron chi connectivity index (χ0n) is 10.5. The molecule has 0 spiro atoms. The van der Waals surface area contributed by atoms with E-state index >= 15 is 0 Å². The molecule has 2 aromatic carbocycles. The van der Waals surface area contributed by atoms with Gasteiger partial charge in [-0.25, -0.2) is 0 Å². The fraction of sp³-hybridized carbons (Fsp3) is 0.133. The maximum absolute atomic E-state index is 12.1. The molecule has 0 aliphatic rings. The number of hydrogen-bond acceptors (Lipinski definition) is 5. The van der Waals surface area contributed by atoms with E-state index in [0.717, 1.165) is 0 Å². The first-order valence-electron chi connectivity index (χ1n) is 5.92. The molecule has 0 saturated carbocycles. The molecule has 20 heavy (non-hydrogen) atoms. The van der Waals surface area contributed by atoms with Crippen molar-refractivity contribution in [2.75, 3.05) is 0 Å². The van der Waals surface area contributed by atoms with E-state index in [0.29, 0.717) is 0 Å². The molecule has 0 bridgehead atoms. The van der Waals surface area contributed by atoms with Gasteiger partial charge in [-0.15, -0.1) is 0 Å². The highest BCUT2D eigenvalue weighted by Gasteiger charge is 2.49. The Morgan fingerprint density at radius 2 is 0.950 bits per heavy atom. The lowest BCUT2D eigenvalue weighted by atomic mass is 9.91. The smallest absolute Gasteiger partial charge is 0.259 e. The first kappa shape index (κ1) is 14.4. The molecule has 0 radical (unpaired) electrons. The highest BCUT2D eigenvalue weighted by molar-refractivity contribution is 5.93. The minimum absolute atomic E-state index is 0.145. The molecule has 0 atom stereocenters. The molecule has 0 heterocycles. The van der Waals surface area contributed by atoms with Gasteiger partial charge in [0.05, 0.1) is 0 Å². The average molecular weight is 274 g/mol. The molecule has 4 N–H and O–H groups in total. The molecule has 0 aliphatic carbocycles. The van der Waals surface area contributed by atoms with Gasteiger partial charge in [-0.05, 0) is 0 Å². The number of carbonyl (C=O) groups excluding carboxylic acids is 1. The Labute approximate surface area is 115 Å². The minimum atomic E-state index is -3.00. The number of carbonyl (C=O) groups is 1. The van der Waals surface area contributed by atoms with Gasteiger partial charge in [-0.3, -0.25) is 4.79 Å². The third-order valence-corrected chi connectivity index (χ3v) is 2.99. The van der Waals surface area contributed by atoms with Crippen LogP contribution < -0.4 is 0 Å². The summed E-state index contributed by atoms with van der Waals surface area (Å²) in [5, 5.41) is 39.7.